The largest absolute Gasteiger partial charge is 0.316 e. The maximum absolute atomic E-state index is 4.71. The number of anilines is 2. The molecule has 0 saturated carbocycles. The van der Waals surface area contributed by atoms with Gasteiger partial charge in [0.25, 0.3) is 0 Å². The Kier molecular flexibility index (Phi) is 3.75. The van der Waals surface area contributed by atoms with Crippen molar-refractivity contribution in [1.29, 1.82) is 0 Å². The number of rotatable bonds is 4. The zero-order valence-corrected chi connectivity index (χ0v) is 11.9. The molecule has 1 aliphatic heterocycles. The molecule has 0 spiro atoms. The summed E-state index contributed by atoms with van der Waals surface area (Å²) in [6.07, 6.45) is 4.28. The van der Waals surface area contributed by atoms with Crippen LogP contribution >= 0.6 is 11.3 Å². The van der Waals surface area contributed by atoms with Crippen LogP contribution in [0.5, 0.6) is 0 Å². The highest BCUT2D eigenvalue weighted by molar-refractivity contribution is 7.13. The molecule has 3 heterocycles. The third kappa shape index (κ3) is 2.77. The molecule has 5 heteroatoms. The molecule has 1 N–H and O–H groups in total. The predicted octanol–water partition coefficient (Wildman–Crippen LogP) is 3.44. The van der Waals surface area contributed by atoms with Gasteiger partial charge in [-0.15, -0.1) is 11.3 Å². The van der Waals surface area contributed by atoms with E-state index in [0.717, 1.165) is 17.5 Å². The fourth-order valence-corrected chi connectivity index (χ4v) is 3.35. The molecule has 4 nitrogen and oxygen atoms in total. The first-order valence-electron chi connectivity index (χ1n) is 6.74. The second-order valence-electron chi connectivity index (χ2n) is 4.70. The molecule has 1 fully saturated rings. The smallest absolute Gasteiger partial charge is 0.188 e. The average Bonchev–Trinajstić information content (AvgIpc) is 3.07. The summed E-state index contributed by atoms with van der Waals surface area (Å²) in [5.41, 5.74) is 1.20. The van der Waals surface area contributed by atoms with Gasteiger partial charge in [-0.3, -0.25) is 4.90 Å². The van der Waals surface area contributed by atoms with Crippen LogP contribution in [0.2, 0.25) is 0 Å². The molecule has 1 saturated heterocycles. The van der Waals surface area contributed by atoms with Crippen molar-refractivity contribution in [2.45, 2.75) is 25.8 Å². The minimum absolute atomic E-state index is 0.500. The monoisotopic (exact) mass is 274 g/mol. The van der Waals surface area contributed by atoms with Crippen LogP contribution in [0.15, 0.2) is 29.8 Å². The van der Waals surface area contributed by atoms with Crippen molar-refractivity contribution in [3.63, 3.8) is 0 Å². The number of nitrogens with one attached hydrogen (secondary N) is 1. The van der Waals surface area contributed by atoms with E-state index in [1.165, 1.54) is 25.1 Å². The molecule has 1 aliphatic rings. The molecular formula is C14H18N4S. The molecule has 0 aromatic carbocycles. The van der Waals surface area contributed by atoms with Crippen molar-refractivity contribution < 1.29 is 0 Å². The Morgan fingerprint density at radius 3 is 3.21 bits per heavy atom. The van der Waals surface area contributed by atoms with E-state index in [1.807, 2.05) is 18.2 Å². The van der Waals surface area contributed by atoms with E-state index in [4.69, 9.17) is 4.98 Å². The van der Waals surface area contributed by atoms with Crippen molar-refractivity contribution in [3.05, 3.63) is 35.5 Å². The van der Waals surface area contributed by atoms with E-state index < -0.39 is 0 Å². The van der Waals surface area contributed by atoms with Crippen LogP contribution in [0.1, 0.15) is 31.5 Å². The number of hydrogen-bond donors (Lipinski definition) is 1. The van der Waals surface area contributed by atoms with Gasteiger partial charge >= 0.3 is 0 Å². The lowest BCUT2D eigenvalue weighted by Crippen LogP contribution is -2.22. The van der Waals surface area contributed by atoms with Gasteiger partial charge in [0.15, 0.2) is 5.13 Å². The highest BCUT2D eigenvalue weighted by Gasteiger charge is 2.26. The van der Waals surface area contributed by atoms with Gasteiger partial charge in [0.2, 0.25) is 0 Å². The van der Waals surface area contributed by atoms with Gasteiger partial charge in [0, 0.05) is 11.6 Å². The molecule has 0 amide bonds. The lowest BCUT2D eigenvalue weighted by molar-refractivity contribution is 0.268. The van der Waals surface area contributed by atoms with Crippen LogP contribution < -0.4 is 5.32 Å². The van der Waals surface area contributed by atoms with Gasteiger partial charge in [-0.2, -0.15) is 0 Å². The lowest BCUT2D eigenvalue weighted by Gasteiger charge is -2.20. The van der Waals surface area contributed by atoms with E-state index >= 15 is 0 Å². The Bertz CT molecular complexity index is 525. The number of pyridine rings is 1. The van der Waals surface area contributed by atoms with Gasteiger partial charge in [0.1, 0.15) is 5.82 Å². The standard InChI is InChI=1S/C14H18N4S/c1-2-18-9-5-6-12(18)11-10-19-14(16-11)17-13-7-3-4-8-15-13/h3-4,7-8,10,12H,2,5-6,9H2,1H3,(H,15,16,17). The summed E-state index contributed by atoms with van der Waals surface area (Å²) in [4.78, 5) is 11.5. The van der Waals surface area contributed by atoms with Crippen LogP contribution in [0.3, 0.4) is 0 Å². The highest BCUT2D eigenvalue weighted by Crippen LogP contribution is 2.33. The van der Waals surface area contributed by atoms with Crippen LogP contribution in [-0.2, 0) is 0 Å². The number of aromatic nitrogens is 2. The molecule has 3 rings (SSSR count). The quantitative estimate of drug-likeness (QED) is 0.927. The fourth-order valence-electron chi connectivity index (χ4n) is 2.58. The summed E-state index contributed by atoms with van der Waals surface area (Å²) < 4.78 is 0. The molecule has 100 valence electrons. The van der Waals surface area contributed by atoms with Crippen LogP contribution in [0, 0.1) is 0 Å². The maximum Gasteiger partial charge on any atom is 0.188 e. The van der Waals surface area contributed by atoms with Crippen molar-refractivity contribution in [2.24, 2.45) is 0 Å². The van der Waals surface area contributed by atoms with Crippen molar-refractivity contribution in [3.8, 4) is 0 Å². The topological polar surface area (TPSA) is 41.0 Å². The Morgan fingerprint density at radius 1 is 1.47 bits per heavy atom. The van der Waals surface area contributed by atoms with E-state index in [-0.39, 0.29) is 0 Å². The molecule has 2 aromatic heterocycles. The molecule has 1 atom stereocenters. The average molecular weight is 274 g/mol. The van der Waals surface area contributed by atoms with E-state index in [0.29, 0.717) is 6.04 Å². The van der Waals surface area contributed by atoms with E-state index in [1.54, 1.807) is 17.5 Å². The summed E-state index contributed by atoms with van der Waals surface area (Å²) in [5.74, 6) is 0.849. The van der Waals surface area contributed by atoms with Gasteiger partial charge in [-0.05, 0) is 38.1 Å². The first-order valence-corrected chi connectivity index (χ1v) is 7.62. The zero-order valence-electron chi connectivity index (χ0n) is 11.0. The first kappa shape index (κ1) is 12.6. The third-order valence-electron chi connectivity index (χ3n) is 3.53. The zero-order chi connectivity index (χ0) is 13.1. The maximum atomic E-state index is 4.71. The Hall–Kier alpha value is -1.46. The minimum Gasteiger partial charge on any atom is -0.316 e. The molecule has 2 aromatic rings. The predicted molar refractivity (Wildman–Crippen MR) is 78.9 cm³/mol. The normalized spacial score (nSPS) is 19.7. The summed E-state index contributed by atoms with van der Waals surface area (Å²) in [5, 5.41) is 6.36. The Labute approximate surface area is 117 Å². The molecule has 19 heavy (non-hydrogen) atoms. The fraction of sp³-hybridized carbons (Fsp3) is 0.429. The van der Waals surface area contributed by atoms with E-state index in [2.05, 4.69) is 27.5 Å². The molecule has 1 unspecified atom stereocenters. The lowest BCUT2D eigenvalue weighted by atomic mass is 10.2. The number of likely N-dealkylation sites (tertiary alicyclic amines) is 1. The molecule has 0 bridgehead atoms. The number of hydrogen-bond acceptors (Lipinski definition) is 5. The minimum atomic E-state index is 0.500. The second kappa shape index (κ2) is 5.67. The third-order valence-corrected chi connectivity index (χ3v) is 4.31. The number of thiazole rings is 1. The van der Waals surface area contributed by atoms with Crippen LogP contribution in [0.4, 0.5) is 10.9 Å². The Morgan fingerprint density at radius 2 is 2.42 bits per heavy atom. The SMILES string of the molecule is CCN1CCCC1c1csc(Nc2ccccn2)n1. The molecule has 0 aliphatic carbocycles. The second-order valence-corrected chi connectivity index (χ2v) is 5.56. The molecular weight excluding hydrogens is 256 g/mol. The van der Waals surface area contributed by atoms with E-state index in [9.17, 15) is 0 Å². The van der Waals surface area contributed by atoms with Gasteiger partial charge < -0.3 is 5.32 Å². The van der Waals surface area contributed by atoms with Crippen LogP contribution in [-0.4, -0.2) is 28.0 Å². The highest BCUT2D eigenvalue weighted by atomic mass is 32.1. The number of nitrogens with zero attached hydrogens (tertiary/aromatic N) is 3. The van der Waals surface area contributed by atoms with Crippen molar-refractivity contribution >= 4 is 22.3 Å². The van der Waals surface area contributed by atoms with Gasteiger partial charge in [-0.1, -0.05) is 13.0 Å². The van der Waals surface area contributed by atoms with Gasteiger partial charge in [-0.25, -0.2) is 9.97 Å². The first-order chi connectivity index (χ1) is 9.36. The summed E-state index contributed by atoms with van der Waals surface area (Å²) in [6, 6.07) is 6.34. The van der Waals surface area contributed by atoms with Crippen LogP contribution in [0.25, 0.3) is 0 Å². The molecule has 0 radical (unpaired) electrons. The summed E-state index contributed by atoms with van der Waals surface area (Å²) >= 11 is 1.65. The summed E-state index contributed by atoms with van der Waals surface area (Å²) in [7, 11) is 0. The summed E-state index contributed by atoms with van der Waals surface area (Å²) in [6.45, 7) is 4.52. The van der Waals surface area contributed by atoms with Crippen molar-refractivity contribution in [2.75, 3.05) is 18.4 Å². The van der Waals surface area contributed by atoms with Crippen molar-refractivity contribution in [1.82, 2.24) is 14.9 Å². The van der Waals surface area contributed by atoms with Gasteiger partial charge in [0.05, 0.1) is 11.7 Å². The Balaban J connectivity index is 1.73.